The van der Waals surface area contributed by atoms with Crippen molar-refractivity contribution in [3.8, 4) is 11.5 Å². The highest BCUT2D eigenvalue weighted by atomic mass is 79.9. The van der Waals surface area contributed by atoms with Crippen LogP contribution >= 0.6 is 15.9 Å². The third-order valence-corrected chi connectivity index (χ3v) is 4.41. The molecule has 0 heterocycles. The predicted molar refractivity (Wildman–Crippen MR) is 112 cm³/mol. The summed E-state index contributed by atoms with van der Waals surface area (Å²) in [6.07, 6.45) is 1.49. The van der Waals surface area contributed by atoms with Crippen LogP contribution < -0.4 is 20.2 Å². The molecule has 0 bridgehead atoms. The highest BCUT2D eigenvalue weighted by Crippen LogP contribution is 2.25. The lowest BCUT2D eigenvalue weighted by Gasteiger charge is -2.11. The second-order valence-corrected chi connectivity index (χ2v) is 6.65. The minimum absolute atomic E-state index is 0.429. The highest BCUT2D eigenvalue weighted by Gasteiger charge is 2.21. The van der Waals surface area contributed by atoms with Gasteiger partial charge in [0.1, 0.15) is 17.4 Å². The Labute approximate surface area is 172 Å². The van der Waals surface area contributed by atoms with Gasteiger partial charge < -0.3 is 14.8 Å². The van der Waals surface area contributed by atoms with Crippen molar-refractivity contribution in [3.05, 3.63) is 52.5 Å². The molecule has 0 radical (unpaired) electrons. The summed E-state index contributed by atoms with van der Waals surface area (Å²) in [4.78, 5) is 24.3. The van der Waals surface area contributed by atoms with Crippen molar-refractivity contribution in [3.63, 3.8) is 0 Å². The van der Waals surface area contributed by atoms with E-state index in [2.05, 4.69) is 31.8 Å². The fraction of sp³-hybridized carbons (Fsp3) is 0.250. The highest BCUT2D eigenvalue weighted by molar-refractivity contribution is 9.10. The van der Waals surface area contributed by atoms with Crippen LogP contribution in [0.1, 0.15) is 19.4 Å². The fourth-order valence-corrected chi connectivity index (χ4v) is 2.69. The number of rotatable bonds is 8. The standard InChI is InChI=1S/C20H22BrN3O4/c1-4-28-18-10-5-14(11-17(18)21)12-22-24-20(26)13(2)19(25)23-15-6-8-16(27-3)9-7-15/h5-13H,4H2,1-3H3,(H,23,25)(H,24,26). The predicted octanol–water partition coefficient (Wildman–Crippen LogP) is 3.58. The van der Waals surface area contributed by atoms with Crippen molar-refractivity contribution >= 4 is 39.6 Å². The molecule has 0 fully saturated rings. The minimum atomic E-state index is -0.911. The van der Waals surface area contributed by atoms with Gasteiger partial charge in [-0.3, -0.25) is 9.59 Å². The van der Waals surface area contributed by atoms with Gasteiger partial charge in [0.15, 0.2) is 0 Å². The molecule has 1 atom stereocenters. The maximum absolute atomic E-state index is 12.2. The average molecular weight is 448 g/mol. The Bertz CT molecular complexity index is 853. The van der Waals surface area contributed by atoms with Gasteiger partial charge in [0.05, 0.1) is 24.4 Å². The number of anilines is 1. The molecule has 2 N–H and O–H groups in total. The van der Waals surface area contributed by atoms with E-state index in [-0.39, 0.29) is 0 Å². The van der Waals surface area contributed by atoms with Crippen molar-refractivity contribution in [2.75, 3.05) is 19.0 Å². The van der Waals surface area contributed by atoms with Gasteiger partial charge in [0, 0.05) is 5.69 Å². The molecule has 1 unspecified atom stereocenters. The molecule has 2 rings (SSSR count). The summed E-state index contributed by atoms with van der Waals surface area (Å²) < 4.78 is 11.3. The van der Waals surface area contributed by atoms with Gasteiger partial charge in [-0.1, -0.05) is 0 Å². The molecule has 0 saturated carbocycles. The Morgan fingerprint density at radius 2 is 1.89 bits per heavy atom. The zero-order valence-electron chi connectivity index (χ0n) is 15.9. The van der Waals surface area contributed by atoms with Crippen LogP contribution in [0.15, 0.2) is 52.0 Å². The van der Waals surface area contributed by atoms with E-state index in [1.807, 2.05) is 25.1 Å². The largest absolute Gasteiger partial charge is 0.497 e. The van der Waals surface area contributed by atoms with Gasteiger partial charge in [0.25, 0.3) is 5.91 Å². The van der Waals surface area contributed by atoms with Crippen LogP contribution in [0.5, 0.6) is 11.5 Å². The van der Waals surface area contributed by atoms with E-state index >= 15 is 0 Å². The Balaban J connectivity index is 1.89. The summed E-state index contributed by atoms with van der Waals surface area (Å²) in [5, 5.41) is 6.59. The summed E-state index contributed by atoms with van der Waals surface area (Å²) in [6, 6.07) is 12.3. The number of hydrogen-bond donors (Lipinski definition) is 2. The van der Waals surface area contributed by atoms with Crippen LogP contribution in [0.4, 0.5) is 5.69 Å². The first kappa shape index (κ1) is 21.4. The lowest BCUT2D eigenvalue weighted by Crippen LogP contribution is -2.34. The van der Waals surface area contributed by atoms with Crippen molar-refractivity contribution in [1.82, 2.24) is 5.43 Å². The van der Waals surface area contributed by atoms with Gasteiger partial charge in [0.2, 0.25) is 5.91 Å². The van der Waals surface area contributed by atoms with Crippen molar-refractivity contribution in [2.24, 2.45) is 11.0 Å². The SMILES string of the molecule is CCOc1ccc(C=NNC(=O)C(C)C(=O)Nc2ccc(OC)cc2)cc1Br. The quantitative estimate of drug-likeness (QED) is 0.367. The molecule has 0 spiro atoms. The number of methoxy groups -OCH3 is 1. The molecule has 0 aliphatic heterocycles. The Morgan fingerprint density at radius 1 is 1.18 bits per heavy atom. The zero-order chi connectivity index (χ0) is 20.5. The lowest BCUT2D eigenvalue weighted by atomic mass is 10.1. The third kappa shape index (κ3) is 6.09. The van der Waals surface area contributed by atoms with Gasteiger partial charge in [-0.05, 0) is 77.8 Å². The number of amides is 2. The molecule has 0 aromatic heterocycles. The van der Waals surface area contributed by atoms with E-state index in [9.17, 15) is 9.59 Å². The number of nitrogens with zero attached hydrogens (tertiary/aromatic N) is 1. The van der Waals surface area contributed by atoms with Crippen LogP contribution in [-0.4, -0.2) is 31.7 Å². The van der Waals surface area contributed by atoms with E-state index < -0.39 is 17.7 Å². The maximum Gasteiger partial charge on any atom is 0.252 e. The summed E-state index contributed by atoms with van der Waals surface area (Å²) in [6.45, 7) is 3.99. The van der Waals surface area contributed by atoms with Crippen LogP contribution in [-0.2, 0) is 9.59 Å². The second kappa shape index (κ2) is 10.5. The molecule has 28 heavy (non-hydrogen) atoms. The van der Waals surface area contributed by atoms with Crippen LogP contribution in [0.2, 0.25) is 0 Å². The Morgan fingerprint density at radius 3 is 2.50 bits per heavy atom. The van der Waals surface area contributed by atoms with E-state index in [4.69, 9.17) is 9.47 Å². The maximum atomic E-state index is 12.2. The van der Waals surface area contributed by atoms with E-state index in [0.29, 0.717) is 18.0 Å². The van der Waals surface area contributed by atoms with Gasteiger partial charge >= 0.3 is 0 Å². The monoisotopic (exact) mass is 447 g/mol. The van der Waals surface area contributed by atoms with E-state index in [1.54, 1.807) is 31.4 Å². The number of halogens is 1. The van der Waals surface area contributed by atoms with Gasteiger partial charge in [-0.15, -0.1) is 0 Å². The lowest BCUT2D eigenvalue weighted by molar-refractivity contribution is -0.131. The van der Waals surface area contributed by atoms with Crippen LogP contribution in [0, 0.1) is 5.92 Å². The zero-order valence-corrected chi connectivity index (χ0v) is 17.4. The minimum Gasteiger partial charge on any atom is -0.497 e. The van der Waals surface area contributed by atoms with E-state index in [1.165, 1.54) is 13.1 Å². The van der Waals surface area contributed by atoms with Crippen LogP contribution in [0.3, 0.4) is 0 Å². The molecule has 0 saturated heterocycles. The summed E-state index contributed by atoms with van der Waals surface area (Å²) in [5.74, 6) is -0.438. The molecule has 2 amide bonds. The Hall–Kier alpha value is -2.87. The number of hydrazone groups is 1. The number of carbonyl (C=O) groups is 2. The smallest absolute Gasteiger partial charge is 0.252 e. The Kier molecular flexibility index (Phi) is 8.01. The first-order chi connectivity index (χ1) is 13.4. The molecule has 0 aliphatic rings. The third-order valence-electron chi connectivity index (χ3n) is 3.79. The van der Waals surface area contributed by atoms with Gasteiger partial charge in [-0.25, -0.2) is 5.43 Å². The molecular weight excluding hydrogens is 426 g/mol. The molecular formula is C20H22BrN3O4. The number of ether oxygens (including phenoxy) is 2. The molecule has 8 heteroatoms. The molecule has 2 aromatic rings. The average Bonchev–Trinajstić information content (AvgIpc) is 2.70. The molecule has 148 valence electrons. The van der Waals surface area contributed by atoms with Gasteiger partial charge in [-0.2, -0.15) is 5.10 Å². The van der Waals surface area contributed by atoms with Crippen molar-refractivity contribution < 1.29 is 19.1 Å². The molecule has 2 aromatic carbocycles. The summed E-state index contributed by atoms with van der Waals surface area (Å²) in [7, 11) is 1.56. The summed E-state index contributed by atoms with van der Waals surface area (Å²) >= 11 is 3.42. The van der Waals surface area contributed by atoms with Crippen molar-refractivity contribution in [2.45, 2.75) is 13.8 Å². The topological polar surface area (TPSA) is 89.0 Å². The second-order valence-electron chi connectivity index (χ2n) is 5.80. The molecule has 0 aliphatic carbocycles. The van der Waals surface area contributed by atoms with Crippen LogP contribution in [0.25, 0.3) is 0 Å². The number of hydrogen-bond acceptors (Lipinski definition) is 5. The van der Waals surface area contributed by atoms with Crippen molar-refractivity contribution in [1.29, 1.82) is 0 Å². The normalized spacial score (nSPS) is 11.7. The summed E-state index contributed by atoms with van der Waals surface area (Å²) in [5.41, 5.74) is 3.72. The fourth-order valence-electron chi connectivity index (χ4n) is 2.18. The number of benzene rings is 2. The van der Waals surface area contributed by atoms with E-state index in [0.717, 1.165) is 15.8 Å². The first-order valence-corrected chi connectivity index (χ1v) is 9.44. The first-order valence-electron chi connectivity index (χ1n) is 8.64. The number of nitrogens with one attached hydrogen (secondary N) is 2. The number of carbonyl (C=O) groups excluding carboxylic acids is 2. The molecule has 7 nitrogen and oxygen atoms in total.